The predicted octanol–water partition coefficient (Wildman–Crippen LogP) is 1.17. The van der Waals surface area contributed by atoms with Crippen LogP contribution >= 0.6 is 0 Å². The van der Waals surface area contributed by atoms with Crippen LogP contribution in [0.5, 0.6) is 0 Å². The Morgan fingerprint density at radius 1 is 1.53 bits per heavy atom. The van der Waals surface area contributed by atoms with Crippen molar-refractivity contribution in [2.75, 3.05) is 24.6 Å². The van der Waals surface area contributed by atoms with E-state index in [4.69, 9.17) is 10.8 Å². The Morgan fingerprint density at radius 2 is 2.24 bits per heavy atom. The number of alkyl halides is 2. The fourth-order valence-corrected chi connectivity index (χ4v) is 1.60. The first-order valence-electron chi connectivity index (χ1n) is 5.40. The molecule has 0 fully saturated rings. The topological polar surface area (TPSA) is 62.4 Å². The van der Waals surface area contributed by atoms with Gasteiger partial charge in [-0.05, 0) is 13.0 Å². The van der Waals surface area contributed by atoms with Gasteiger partial charge in [-0.1, -0.05) is 6.07 Å². The number of aliphatic hydroxyl groups is 1. The van der Waals surface area contributed by atoms with E-state index in [1.54, 1.807) is 19.1 Å². The molecule has 0 amide bonds. The van der Waals surface area contributed by atoms with Gasteiger partial charge in [0.25, 0.3) is 6.43 Å². The minimum atomic E-state index is -2.48. The molecule has 0 saturated carbocycles. The van der Waals surface area contributed by atoms with Crippen molar-refractivity contribution in [3.8, 4) is 0 Å². The molecule has 4 nitrogen and oxygen atoms in total. The number of pyridine rings is 1. The summed E-state index contributed by atoms with van der Waals surface area (Å²) in [4.78, 5) is 5.42. The van der Waals surface area contributed by atoms with Gasteiger partial charge in [0.1, 0.15) is 5.82 Å². The Bertz CT molecular complexity index is 347. The van der Waals surface area contributed by atoms with Gasteiger partial charge in [0.2, 0.25) is 0 Å². The molecule has 0 saturated heterocycles. The first kappa shape index (κ1) is 13.8. The van der Waals surface area contributed by atoms with Crippen molar-refractivity contribution in [1.82, 2.24) is 4.98 Å². The van der Waals surface area contributed by atoms with Crippen LogP contribution in [0.1, 0.15) is 18.5 Å². The minimum Gasteiger partial charge on any atom is -0.395 e. The van der Waals surface area contributed by atoms with Gasteiger partial charge in [0, 0.05) is 24.3 Å². The Morgan fingerprint density at radius 3 is 2.76 bits per heavy atom. The summed E-state index contributed by atoms with van der Waals surface area (Å²) >= 11 is 0. The number of aliphatic hydroxyl groups excluding tert-OH is 1. The van der Waals surface area contributed by atoms with E-state index < -0.39 is 13.0 Å². The van der Waals surface area contributed by atoms with Crippen LogP contribution in [0, 0.1) is 0 Å². The van der Waals surface area contributed by atoms with Crippen molar-refractivity contribution in [2.24, 2.45) is 5.73 Å². The summed E-state index contributed by atoms with van der Waals surface area (Å²) in [6.45, 7) is 1.21. The average molecular weight is 245 g/mol. The van der Waals surface area contributed by atoms with Crippen LogP contribution in [0.2, 0.25) is 0 Å². The number of nitrogens with zero attached hydrogens (tertiary/aromatic N) is 2. The van der Waals surface area contributed by atoms with Crippen LogP contribution in [0.4, 0.5) is 14.6 Å². The van der Waals surface area contributed by atoms with Crippen molar-refractivity contribution in [3.05, 3.63) is 23.9 Å². The van der Waals surface area contributed by atoms with E-state index in [1.165, 1.54) is 11.1 Å². The number of hydrogen-bond donors (Lipinski definition) is 2. The number of nitrogens with two attached hydrogens (primary N) is 1. The number of hydrogen-bond acceptors (Lipinski definition) is 4. The highest BCUT2D eigenvalue weighted by molar-refractivity contribution is 5.48. The zero-order chi connectivity index (χ0) is 12.8. The van der Waals surface area contributed by atoms with Crippen LogP contribution in [-0.4, -0.2) is 36.2 Å². The summed E-state index contributed by atoms with van der Waals surface area (Å²) in [5, 5.41) is 8.89. The van der Waals surface area contributed by atoms with E-state index in [9.17, 15) is 8.78 Å². The SMILES string of the molecule is C[C@H](N)c1cccnc1N(CCO)CC(F)F. The third-order valence-electron chi connectivity index (χ3n) is 2.34. The maximum atomic E-state index is 12.4. The summed E-state index contributed by atoms with van der Waals surface area (Å²) in [5.41, 5.74) is 6.46. The number of halogens is 2. The lowest BCUT2D eigenvalue weighted by Gasteiger charge is -2.25. The Kier molecular flexibility index (Phi) is 5.24. The summed E-state index contributed by atoms with van der Waals surface area (Å²) in [6, 6.07) is 3.17. The molecule has 0 bridgehead atoms. The predicted molar refractivity (Wildman–Crippen MR) is 62.1 cm³/mol. The second-order valence-corrected chi connectivity index (χ2v) is 3.77. The molecule has 1 heterocycles. The molecule has 1 rings (SSSR count). The molecule has 0 spiro atoms. The van der Waals surface area contributed by atoms with Gasteiger partial charge in [-0.25, -0.2) is 13.8 Å². The molecule has 3 N–H and O–H groups in total. The Hall–Kier alpha value is -1.27. The second kappa shape index (κ2) is 6.46. The van der Waals surface area contributed by atoms with Gasteiger partial charge in [-0.2, -0.15) is 0 Å². The van der Waals surface area contributed by atoms with Crippen molar-refractivity contribution >= 4 is 5.82 Å². The molecule has 0 aromatic carbocycles. The monoisotopic (exact) mass is 245 g/mol. The van der Waals surface area contributed by atoms with Gasteiger partial charge >= 0.3 is 0 Å². The summed E-state index contributed by atoms with van der Waals surface area (Å²) in [5.74, 6) is 0.414. The zero-order valence-corrected chi connectivity index (χ0v) is 9.68. The van der Waals surface area contributed by atoms with Crippen LogP contribution in [0.25, 0.3) is 0 Å². The molecule has 96 valence electrons. The fraction of sp³-hybridized carbons (Fsp3) is 0.545. The lowest BCUT2D eigenvalue weighted by molar-refractivity contribution is 0.152. The average Bonchev–Trinajstić information content (AvgIpc) is 2.28. The van der Waals surface area contributed by atoms with E-state index in [0.717, 1.165) is 0 Å². The van der Waals surface area contributed by atoms with E-state index in [-0.39, 0.29) is 19.2 Å². The lowest BCUT2D eigenvalue weighted by Crippen LogP contribution is -2.33. The van der Waals surface area contributed by atoms with Gasteiger partial charge in [0.15, 0.2) is 0 Å². The molecule has 0 aliphatic heterocycles. The quantitative estimate of drug-likeness (QED) is 0.789. The van der Waals surface area contributed by atoms with E-state index in [0.29, 0.717) is 11.4 Å². The Labute approximate surface area is 99.1 Å². The van der Waals surface area contributed by atoms with Crippen molar-refractivity contribution in [3.63, 3.8) is 0 Å². The van der Waals surface area contributed by atoms with Crippen LogP contribution in [-0.2, 0) is 0 Å². The van der Waals surface area contributed by atoms with Crippen molar-refractivity contribution in [1.29, 1.82) is 0 Å². The third kappa shape index (κ3) is 3.90. The molecule has 6 heteroatoms. The molecular formula is C11H17F2N3O. The van der Waals surface area contributed by atoms with Gasteiger partial charge < -0.3 is 15.7 Å². The largest absolute Gasteiger partial charge is 0.395 e. The smallest absolute Gasteiger partial charge is 0.255 e. The first-order chi connectivity index (χ1) is 8.06. The van der Waals surface area contributed by atoms with E-state index in [1.807, 2.05) is 0 Å². The molecule has 0 radical (unpaired) electrons. The van der Waals surface area contributed by atoms with Crippen molar-refractivity contribution in [2.45, 2.75) is 19.4 Å². The molecule has 1 atom stereocenters. The number of aromatic nitrogens is 1. The van der Waals surface area contributed by atoms with Gasteiger partial charge in [-0.3, -0.25) is 0 Å². The van der Waals surface area contributed by atoms with Crippen LogP contribution in [0.15, 0.2) is 18.3 Å². The lowest BCUT2D eigenvalue weighted by atomic mass is 10.1. The molecule has 17 heavy (non-hydrogen) atoms. The molecule has 1 aromatic rings. The number of rotatable bonds is 6. The van der Waals surface area contributed by atoms with Crippen LogP contribution < -0.4 is 10.6 Å². The van der Waals surface area contributed by atoms with Crippen LogP contribution in [0.3, 0.4) is 0 Å². The highest BCUT2D eigenvalue weighted by Gasteiger charge is 2.18. The van der Waals surface area contributed by atoms with E-state index in [2.05, 4.69) is 4.98 Å². The van der Waals surface area contributed by atoms with Gasteiger partial charge in [-0.15, -0.1) is 0 Å². The standard InChI is InChI=1S/C11H17F2N3O/c1-8(14)9-3-2-4-15-11(9)16(5-6-17)7-10(12)13/h2-4,8,10,17H,5-7,14H2,1H3/t8-/m0/s1. The molecule has 0 aliphatic rings. The zero-order valence-electron chi connectivity index (χ0n) is 9.68. The molecule has 0 aliphatic carbocycles. The van der Waals surface area contributed by atoms with E-state index >= 15 is 0 Å². The molecular weight excluding hydrogens is 228 g/mol. The van der Waals surface area contributed by atoms with Crippen molar-refractivity contribution < 1.29 is 13.9 Å². The summed E-state index contributed by atoms with van der Waals surface area (Å²) in [7, 11) is 0. The second-order valence-electron chi connectivity index (χ2n) is 3.77. The highest BCUT2D eigenvalue weighted by Crippen LogP contribution is 2.22. The maximum Gasteiger partial charge on any atom is 0.255 e. The third-order valence-corrected chi connectivity index (χ3v) is 2.34. The fourth-order valence-electron chi connectivity index (χ4n) is 1.60. The Balaban J connectivity index is 2.99. The maximum absolute atomic E-state index is 12.4. The first-order valence-corrected chi connectivity index (χ1v) is 5.40. The highest BCUT2D eigenvalue weighted by atomic mass is 19.3. The molecule has 1 aromatic heterocycles. The summed E-state index contributed by atoms with van der Waals surface area (Å²) < 4.78 is 24.9. The summed E-state index contributed by atoms with van der Waals surface area (Å²) in [6.07, 6.45) is -0.957. The minimum absolute atomic E-state index is 0.112. The normalized spacial score (nSPS) is 12.8. The number of anilines is 1. The van der Waals surface area contributed by atoms with Gasteiger partial charge in [0.05, 0.1) is 13.2 Å². The molecule has 0 unspecified atom stereocenters.